The molecule has 0 bridgehead atoms. The van der Waals surface area contributed by atoms with Crippen molar-refractivity contribution in [3.63, 3.8) is 0 Å². The molecule has 0 radical (unpaired) electrons. The fourth-order valence-corrected chi connectivity index (χ4v) is 7.05. The summed E-state index contributed by atoms with van der Waals surface area (Å²) >= 11 is 0. The number of nitrogen functional groups attached to an aromatic ring is 1. The van der Waals surface area contributed by atoms with Gasteiger partial charge in [0.15, 0.2) is 17.4 Å². The molecule has 0 spiro atoms. The number of aromatic nitrogens is 4. The van der Waals surface area contributed by atoms with Gasteiger partial charge in [-0.25, -0.2) is 15.2 Å². The average molecular weight is 688 g/mol. The van der Waals surface area contributed by atoms with Crippen LogP contribution in [-0.2, 0) is 32.9 Å². The zero-order chi connectivity index (χ0) is 35.1. The molecule has 3 rings (SSSR count). The van der Waals surface area contributed by atoms with Gasteiger partial charge >= 0.3 is 19.6 Å². The molecular formula is C29H50N7O10P. The molecule has 0 amide bonds. The highest BCUT2D eigenvalue weighted by Crippen LogP contribution is 2.45. The number of nitrogens with two attached hydrogens (primary N) is 1. The van der Waals surface area contributed by atoms with Crippen molar-refractivity contribution in [2.75, 3.05) is 32.2 Å². The molecule has 7 atom stereocenters. The summed E-state index contributed by atoms with van der Waals surface area (Å²) < 4.78 is 43.9. The monoisotopic (exact) mass is 687 g/mol. The number of nitrogens with zero attached hydrogens (tertiary/aromatic N) is 4. The minimum Gasteiger partial charge on any atom is -0.476 e. The van der Waals surface area contributed by atoms with Crippen LogP contribution >= 0.6 is 7.67 Å². The smallest absolute Gasteiger partial charge is 0.342 e. The van der Waals surface area contributed by atoms with E-state index in [9.17, 15) is 24.4 Å². The van der Waals surface area contributed by atoms with Gasteiger partial charge in [-0.05, 0) is 52.4 Å². The number of aliphatic hydroxyl groups is 2. The first kappa shape index (κ1) is 38.5. The van der Waals surface area contributed by atoms with Crippen LogP contribution in [0.25, 0.3) is 11.2 Å². The zero-order valence-corrected chi connectivity index (χ0v) is 29.2. The first-order valence-corrected chi connectivity index (χ1v) is 17.5. The van der Waals surface area contributed by atoms with Crippen LogP contribution in [0.4, 0.5) is 5.95 Å². The predicted octanol–water partition coefficient (Wildman–Crippen LogP) is 2.08. The molecule has 266 valence electrons. The Morgan fingerprint density at radius 2 is 1.60 bits per heavy atom. The van der Waals surface area contributed by atoms with E-state index in [1.54, 1.807) is 20.8 Å². The van der Waals surface area contributed by atoms with Crippen LogP contribution in [0.15, 0.2) is 6.33 Å². The molecule has 47 heavy (non-hydrogen) atoms. The highest BCUT2D eigenvalue weighted by molar-refractivity contribution is 7.54. The third-order valence-corrected chi connectivity index (χ3v) is 9.14. The van der Waals surface area contributed by atoms with Gasteiger partial charge in [-0.15, -0.1) is 0 Å². The van der Waals surface area contributed by atoms with E-state index in [0.717, 1.165) is 0 Å². The number of anilines is 1. The fraction of sp³-hybridized carbons (Fsp3) is 0.759. The van der Waals surface area contributed by atoms with Gasteiger partial charge in [0, 0.05) is 0 Å². The Balaban J connectivity index is 1.94. The number of hydrogen-bond acceptors (Lipinski definition) is 14. The van der Waals surface area contributed by atoms with Crippen LogP contribution in [0.1, 0.15) is 74.5 Å². The van der Waals surface area contributed by atoms with Gasteiger partial charge in [0.1, 0.15) is 29.9 Å². The van der Waals surface area contributed by atoms with E-state index >= 15 is 0 Å². The standard InChI is InChI=1S/C29H50N7O10P/c1-9-42-24-21-23(32-28(30)33-24)36(15-31-21)27-29(8,40)22(37)20(46-27)14-45-47(41,34-18(12-16(4)5)25(38)43-10-2)35-19(13-17(6)7)26(39)44-11-3/h15-20,22,27,37,40H,9-14H2,1-8H3,(H2,30,32,33)(H2,34,35,41)/t18-,19+,20-,22?,27?,29?,47?/m1/s1. The Labute approximate surface area is 274 Å². The molecule has 6 N–H and O–H groups in total. The van der Waals surface area contributed by atoms with Crippen LogP contribution in [0.3, 0.4) is 0 Å². The maximum atomic E-state index is 14.5. The van der Waals surface area contributed by atoms with Crippen molar-refractivity contribution in [3.05, 3.63) is 6.33 Å². The summed E-state index contributed by atoms with van der Waals surface area (Å²) in [6, 6.07) is -2.13. The third kappa shape index (κ3) is 9.59. The van der Waals surface area contributed by atoms with E-state index in [1.807, 2.05) is 27.7 Å². The molecular weight excluding hydrogens is 637 g/mol. The summed E-state index contributed by atoms with van der Waals surface area (Å²) in [7, 11) is -4.31. The number of esters is 2. The Bertz CT molecular complexity index is 1370. The van der Waals surface area contributed by atoms with Gasteiger partial charge in [-0.1, -0.05) is 27.7 Å². The quantitative estimate of drug-likeness (QED) is 0.111. The van der Waals surface area contributed by atoms with Gasteiger partial charge in [0.05, 0.1) is 32.8 Å². The lowest BCUT2D eigenvalue weighted by molar-refractivity contribution is -0.146. The molecule has 1 aliphatic rings. The summed E-state index contributed by atoms with van der Waals surface area (Å²) in [6.45, 7) is 13.9. The molecule has 3 heterocycles. The molecule has 18 heteroatoms. The lowest BCUT2D eigenvalue weighted by Gasteiger charge is -2.30. The van der Waals surface area contributed by atoms with Crippen LogP contribution < -0.4 is 20.6 Å². The Morgan fingerprint density at radius 3 is 2.09 bits per heavy atom. The minimum absolute atomic E-state index is 0.0104. The van der Waals surface area contributed by atoms with Crippen LogP contribution in [0.2, 0.25) is 0 Å². The number of imidazole rings is 1. The van der Waals surface area contributed by atoms with Gasteiger partial charge < -0.3 is 39.4 Å². The second-order valence-electron chi connectivity index (χ2n) is 12.3. The number of fused-ring (bicyclic) bond motifs is 1. The van der Waals surface area contributed by atoms with Crippen LogP contribution in [-0.4, -0.2) is 98.0 Å². The van der Waals surface area contributed by atoms with Crippen molar-refractivity contribution in [2.45, 2.75) is 104 Å². The number of nitrogens with one attached hydrogen (secondary N) is 2. The van der Waals surface area contributed by atoms with E-state index < -0.39 is 62.3 Å². The highest BCUT2D eigenvalue weighted by Gasteiger charge is 2.54. The second-order valence-corrected chi connectivity index (χ2v) is 14.2. The largest absolute Gasteiger partial charge is 0.476 e. The van der Waals surface area contributed by atoms with Gasteiger partial charge in [0.2, 0.25) is 11.8 Å². The number of aliphatic hydroxyl groups excluding tert-OH is 1. The van der Waals surface area contributed by atoms with Crippen LogP contribution in [0.5, 0.6) is 5.88 Å². The van der Waals surface area contributed by atoms with E-state index in [4.69, 9.17) is 29.2 Å². The predicted molar refractivity (Wildman–Crippen MR) is 171 cm³/mol. The Morgan fingerprint density at radius 1 is 1.04 bits per heavy atom. The summed E-state index contributed by atoms with van der Waals surface area (Å²) in [5.41, 5.74) is 4.42. The van der Waals surface area contributed by atoms with E-state index in [1.165, 1.54) is 17.8 Å². The lowest BCUT2D eigenvalue weighted by atomic mass is 9.96. The fourth-order valence-electron chi connectivity index (χ4n) is 5.23. The Kier molecular flexibility index (Phi) is 13.5. The first-order valence-electron chi connectivity index (χ1n) is 15.9. The van der Waals surface area contributed by atoms with Gasteiger partial charge in [-0.3, -0.25) is 18.7 Å². The van der Waals surface area contributed by atoms with Gasteiger partial charge in [-0.2, -0.15) is 9.97 Å². The molecule has 2 aromatic heterocycles. The zero-order valence-electron chi connectivity index (χ0n) is 28.3. The van der Waals surface area contributed by atoms with Crippen molar-refractivity contribution in [2.24, 2.45) is 11.8 Å². The number of carbonyl (C=O) groups excluding carboxylic acids is 2. The maximum absolute atomic E-state index is 14.5. The summed E-state index contributed by atoms with van der Waals surface area (Å²) in [5.74, 6) is -1.28. The van der Waals surface area contributed by atoms with Crippen molar-refractivity contribution in [1.82, 2.24) is 29.7 Å². The summed E-state index contributed by atoms with van der Waals surface area (Å²) in [6.07, 6.45) is -2.23. The number of carbonyl (C=O) groups is 2. The topological polar surface area (TPSA) is 232 Å². The van der Waals surface area contributed by atoms with E-state index in [0.29, 0.717) is 6.61 Å². The molecule has 2 aromatic rings. The van der Waals surface area contributed by atoms with Crippen LogP contribution in [0, 0.1) is 11.8 Å². The van der Waals surface area contributed by atoms with Crippen molar-refractivity contribution < 1.29 is 47.8 Å². The third-order valence-electron chi connectivity index (χ3n) is 7.32. The van der Waals surface area contributed by atoms with E-state index in [-0.39, 0.29) is 60.9 Å². The lowest BCUT2D eigenvalue weighted by Crippen LogP contribution is -2.47. The van der Waals surface area contributed by atoms with Crippen molar-refractivity contribution >= 4 is 36.7 Å². The van der Waals surface area contributed by atoms with Crippen molar-refractivity contribution in [3.8, 4) is 5.88 Å². The first-order chi connectivity index (χ1) is 22.1. The molecule has 1 fully saturated rings. The number of hydrogen-bond donors (Lipinski definition) is 5. The molecule has 1 saturated heterocycles. The second kappa shape index (κ2) is 16.5. The SMILES string of the molecule is CCOC(=O)[C@H](CC(C)C)NP(=O)(N[C@H](CC(C)C)C(=O)OCC)OC[C@H]1OC(n2cnc3c(OCC)nc(N)nc32)C(C)(O)C1O. The van der Waals surface area contributed by atoms with Gasteiger partial charge in [0.25, 0.3) is 0 Å². The van der Waals surface area contributed by atoms with E-state index in [2.05, 4.69) is 25.1 Å². The number of rotatable bonds is 18. The molecule has 0 saturated carbocycles. The summed E-state index contributed by atoms with van der Waals surface area (Å²) in [5, 5.41) is 28.2. The molecule has 1 aliphatic heterocycles. The molecule has 0 aromatic carbocycles. The average Bonchev–Trinajstić information content (AvgIpc) is 3.48. The molecule has 17 nitrogen and oxygen atoms in total. The maximum Gasteiger partial charge on any atom is 0.342 e. The molecule has 0 aliphatic carbocycles. The van der Waals surface area contributed by atoms with Crippen molar-refractivity contribution in [1.29, 1.82) is 0 Å². The minimum atomic E-state index is -4.31. The Hall–Kier alpha value is -2.92. The molecule has 4 unspecified atom stereocenters. The highest BCUT2D eigenvalue weighted by atomic mass is 31.2. The normalized spacial score (nSPS) is 24.0. The number of ether oxygens (including phenoxy) is 4. The summed E-state index contributed by atoms with van der Waals surface area (Å²) in [4.78, 5) is 38.4.